The Morgan fingerprint density at radius 1 is 1.03 bits per heavy atom. The third kappa shape index (κ3) is 4.70. The van der Waals surface area contributed by atoms with Gasteiger partial charge in [0.1, 0.15) is 5.56 Å². The van der Waals surface area contributed by atoms with Gasteiger partial charge in [-0.2, -0.15) is 13.2 Å². The topological polar surface area (TPSA) is 55.2 Å². The van der Waals surface area contributed by atoms with Gasteiger partial charge in [0, 0.05) is 63.2 Å². The van der Waals surface area contributed by atoms with E-state index < -0.39 is 11.7 Å². The highest BCUT2D eigenvalue weighted by molar-refractivity contribution is 5.85. The number of alkyl halides is 3. The summed E-state index contributed by atoms with van der Waals surface area (Å²) in [5.74, 6) is 1.61. The van der Waals surface area contributed by atoms with Crippen molar-refractivity contribution in [2.75, 3.05) is 38.2 Å². The predicted molar refractivity (Wildman–Crippen MR) is 133 cm³/mol. The number of aryl methyl sites for hydroxylation is 1. The van der Waals surface area contributed by atoms with E-state index in [-0.39, 0.29) is 17.6 Å². The second-order valence-electron chi connectivity index (χ2n) is 10.8. The number of aromatic nitrogens is 3. The van der Waals surface area contributed by atoms with Crippen LogP contribution in [0, 0.1) is 17.8 Å². The maximum Gasteiger partial charge on any atom is 0.420 e. The van der Waals surface area contributed by atoms with Crippen LogP contribution in [0.3, 0.4) is 0 Å². The third-order valence-corrected chi connectivity index (χ3v) is 8.31. The zero-order chi connectivity index (χ0) is 24.9. The molecule has 0 spiro atoms. The lowest BCUT2D eigenvalue weighted by atomic mass is 10.00. The Bertz CT molecular complexity index is 1220. The average molecular weight is 500 g/mol. The number of hydrogen-bond donors (Lipinski definition) is 1. The number of halogens is 3. The van der Waals surface area contributed by atoms with Crippen molar-refractivity contribution in [1.29, 1.82) is 0 Å². The Kier molecular flexibility index (Phi) is 6.16. The van der Waals surface area contributed by atoms with Crippen molar-refractivity contribution >= 4 is 16.7 Å². The number of likely N-dealkylation sites (tertiary alicyclic amines) is 1. The van der Waals surface area contributed by atoms with Crippen LogP contribution in [0.15, 0.2) is 36.5 Å². The number of fused-ring (bicyclic) bond motifs is 2. The number of nitrogens with zero attached hydrogens (tertiary/aromatic N) is 4. The normalized spacial score (nSPS) is 25.5. The van der Waals surface area contributed by atoms with Crippen molar-refractivity contribution in [2.24, 2.45) is 24.8 Å². The van der Waals surface area contributed by atoms with E-state index in [9.17, 15) is 13.2 Å². The van der Waals surface area contributed by atoms with Crippen LogP contribution in [0.4, 0.5) is 19.0 Å². The Morgan fingerprint density at radius 3 is 2.50 bits per heavy atom. The van der Waals surface area contributed by atoms with Crippen LogP contribution in [-0.4, -0.2) is 58.6 Å². The minimum absolute atomic E-state index is 0.00815. The lowest BCUT2D eigenvalue weighted by Gasteiger charge is -2.28. The molecule has 36 heavy (non-hydrogen) atoms. The fourth-order valence-corrected chi connectivity index (χ4v) is 6.43. The van der Waals surface area contributed by atoms with Gasteiger partial charge in [0.05, 0.1) is 5.69 Å². The highest BCUT2D eigenvalue weighted by Crippen LogP contribution is 2.42. The molecular weight excluding hydrogens is 467 g/mol. The molecule has 1 saturated carbocycles. The predicted octanol–water partition coefficient (Wildman–Crippen LogP) is 5.20. The number of ether oxygens (including phenoxy) is 1. The van der Waals surface area contributed by atoms with E-state index >= 15 is 0 Å². The fourth-order valence-electron chi connectivity index (χ4n) is 6.43. The van der Waals surface area contributed by atoms with Crippen LogP contribution < -0.4 is 5.32 Å². The van der Waals surface area contributed by atoms with Crippen LogP contribution in [0.25, 0.3) is 22.2 Å². The van der Waals surface area contributed by atoms with Crippen LogP contribution in [-0.2, 0) is 18.0 Å². The standard InChI is InChI=1S/C27H32F3N5O/c1-34-7-4-18-2-3-19(12-25(18)34)24-13-23(27(28,29)30)26(33-32-24)31-22-10-20-15-35(16-21(20)11-22)14-17-5-8-36-9-6-17/h2-4,7,12-13,17,20-22H,5-6,8-11,14-16H2,1H3,(H,31,33). The summed E-state index contributed by atoms with van der Waals surface area (Å²) in [6.07, 6.45) is 1.42. The van der Waals surface area contributed by atoms with Crippen LogP contribution in [0.2, 0.25) is 0 Å². The lowest BCUT2D eigenvalue weighted by Crippen LogP contribution is -2.32. The molecule has 0 radical (unpaired) electrons. The first kappa shape index (κ1) is 23.7. The summed E-state index contributed by atoms with van der Waals surface area (Å²) in [6.45, 7) is 4.92. The molecule has 3 aliphatic rings. The van der Waals surface area contributed by atoms with Gasteiger partial charge in [0.25, 0.3) is 0 Å². The van der Waals surface area contributed by atoms with Crippen molar-refractivity contribution in [2.45, 2.75) is 37.9 Å². The van der Waals surface area contributed by atoms with Crippen molar-refractivity contribution in [1.82, 2.24) is 19.7 Å². The zero-order valence-electron chi connectivity index (χ0n) is 20.5. The van der Waals surface area contributed by atoms with E-state index in [0.717, 1.165) is 75.5 Å². The first-order valence-corrected chi connectivity index (χ1v) is 12.9. The van der Waals surface area contributed by atoms with Gasteiger partial charge in [-0.05, 0) is 67.0 Å². The first-order chi connectivity index (χ1) is 17.3. The number of rotatable bonds is 5. The highest BCUT2D eigenvalue weighted by Gasteiger charge is 2.43. The molecule has 9 heteroatoms. The number of anilines is 1. The van der Waals surface area contributed by atoms with Gasteiger partial charge >= 0.3 is 6.18 Å². The van der Waals surface area contributed by atoms with Gasteiger partial charge in [-0.1, -0.05) is 12.1 Å². The number of hydrogen-bond acceptors (Lipinski definition) is 5. The zero-order valence-corrected chi connectivity index (χ0v) is 20.5. The van der Waals surface area contributed by atoms with E-state index in [2.05, 4.69) is 20.4 Å². The second kappa shape index (κ2) is 9.34. The van der Waals surface area contributed by atoms with Crippen molar-refractivity contribution in [3.05, 3.63) is 42.1 Å². The minimum Gasteiger partial charge on any atom is -0.381 e. The first-order valence-electron chi connectivity index (χ1n) is 12.9. The van der Waals surface area contributed by atoms with Gasteiger partial charge in [0.2, 0.25) is 0 Å². The maximum atomic E-state index is 14.1. The minimum atomic E-state index is -4.52. The van der Waals surface area contributed by atoms with E-state index in [1.165, 1.54) is 0 Å². The summed E-state index contributed by atoms with van der Waals surface area (Å²) in [7, 11) is 1.91. The third-order valence-electron chi connectivity index (χ3n) is 8.31. The number of benzene rings is 1. The second-order valence-corrected chi connectivity index (χ2v) is 10.8. The van der Waals surface area contributed by atoms with Crippen LogP contribution in [0.1, 0.15) is 31.2 Å². The molecule has 2 aromatic heterocycles. The lowest BCUT2D eigenvalue weighted by molar-refractivity contribution is -0.137. The summed E-state index contributed by atoms with van der Waals surface area (Å²) in [6, 6.07) is 8.64. The monoisotopic (exact) mass is 499 g/mol. The average Bonchev–Trinajstić information content (AvgIpc) is 3.52. The Labute approximate surface area is 208 Å². The highest BCUT2D eigenvalue weighted by atomic mass is 19.4. The molecule has 3 fully saturated rings. The Balaban J connectivity index is 1.15. The molecule has 3 aromatic rings. The molecule has 2 unspecified atom stereocenters. The fraction of sp³-hybridized carbons (Fsp3) is 0.556. The smallest absolute Gasteiger partial charge is 0.381 e. The molecule has 6 nitrogen and oxygen atoms in total. The summed E-state index contributed by atoms with van der Waals surface area (Å²) < 4.78 is 49.6. The molecule has 0 bridgehead atoms. The molecule has 2 aliphatic heterocycles. The molecule has 2 saturated heterocycles. The van der Waals surface area contributed by atoms with E-state index in [1.54, 1.807) is 6.07 Å². The molecule has 1 N–H and O–H groups in total. The van der Waals surface area contributed by atoms with Gasteiger partial charge < -0.3 is 19.5 Å². The molecule has 1 aliphatic carbocycles. The van der Waals surface area contributed by atoms with E-state index in [1.807, 2.05) is 36.0 Å². The largest absolute Gasteiger partial charge is 0.420 e. The summed E-state index contributed by atoms with van der Waals surface area (Å²) in [4.78, 5) is 2.56. The van der Waals surface area contributed by atoms with E-state index in [4.69, 9.17) is 4.74 Å². The number of nitrogens with one attached hydrogen (secondary N) is 1. The van der Waals surface area contributed by atoms with Crippen molar-refractivity contribution < 1.29 is 17.9 Å². The molecule has 4 heterocycles. The Hall–Kier alpha value is -2.65. The van der Waals surface area contributed by atoms with Crippen LogP contribution in [0.5, 0.6) is 0 Å². The van der Waals surface area contributed by atoms with Crippen LogP contribution >= 0.6 is 0 Å². The molecule has 0 amide bonds. The summed E-state index contributed by atoms with van der Waals surface area (Å²) in [5, 5.41) is 12.4. The van der Waals surface area contributed by atoms with Gasteiger partial charge in [-0.3, -0.25) is 0 Å². The molecule has 6 rings (SSSR count). The summed E-state index contributed by atoms with van der Waals surface area (Å²) >= 11 is 0. The Morgan fingerprint density at radius 2 is 1.78 bits per heavy atom. The molecule has 2 atom stereocenters. The molecule has 192 valence electrons. The quantitative estimate of drug-likeness (QED) is 0.523. The van der Waals surface area contributed by atoms with Gasteiger partial charge in [-0.25, -0.2) is 0 Å². The summed E-state index contributed by atoms with van der Waals surface area (Å²) in [5.41, 5.74) is 1.03. The van der Waals surface area contributed by atoms with Gasteiger partial charge in [0.15, 0.2) is 5.82 Å². The maximum absolute atomic E-state index is 14.1. The van der Waals surface area contributed by atoms with Crippen molar-refractivity contribution in [3.8, 4) is 11.3 Å². The SMILES string of the molecule is Cn1ccc2ccc(-c3cc(C(F)(F)F)c(NC4CC5CN(CC6CCOCC6)CC5C4)nn3)cc21. The molecule has 1 aromatic carbocycles. The van der Waals surface area contributed by atoms with Gasteiger partial charge in [-0.15, -0.1) is 10.2 Å². The molecular formula is C27H32F3N5O. The van der Waals surface area contributed by atoms with Crippen molar-refractivity contribution in [3.63, 3.8) is 0 Å². The van der Waals surface area contributed by atoms with E-state index in [0.29, 0.717) is 23.3 Å².